The molecule has 0 radical (unpaired) electrons. The quantitative estimate of drug-likeness (QED) is 0.285. The molecule has 2 N–H and O–H groups in total. The number of amides is 3. The second kappa shape index (κ2) is 12.8. The Balaban J connectivity index is 1.10. The van der Waals surface area contributed by atoms with Crippen LogP contribution in [0.15, 0.2) is 61.1 Å². The summed E-state index contributed by atoms with van der Waals surface area (Å²) in [5.74, 6) is -1.42. The van der Waals surface area contributed by atoms with E-state index in [2.05, 4.69) is 20.0 Å². The van der Waals surface area contributed by atoms with Crippen LogP contribution >= 0.6 is 0 Å². The predicted octanol–water partition coefficient (Wildman–Crippen LogP) is 3.08. The number of carbonyl (C=O) groups is 3. The molecule has 5 heterocycles. The maximum atomic E-state index is 14.1. The smallest absolute Gasteiger partial charge is 0.259 e. The molecule has 0 unspecified atom stereocenters. The summed E-state index contributed by atoms with van der Waals surface area (Å²) < 4.78 is 35.9. The number of hydrogen-bond donors (Lipinski definition) is 2. The lowest BCUT2D eigenvalue weighted by molar-refractivity contribution is -0.139. The first kappa shape index (κ1) is 32.3. The highest BCUT2D eigenvalue weighted by Crippen LogP contribution is 2.46. The fourth-order valence-corrected chi connectivity index (χ4v) is 8.46. The van der Waals surface area contributed by atoms with Crippen molar-refractivity contribution in [3.63, 3.8) is 0 Å². The van der Waals surface area contributed by atoms with Crippen LogP contribution in [0.25, 0.3) is 27.9 Å². The summed E-state index contributed by atoms with van der Waals surface area (Å²) in [6.07, 6.45) is 14.0. The lowest BCUT2D eigenvalue weighted by Gasteiger charge is -2.26. The van der Waals surface area contributed by atoms with Gasteiger partial charge in [0.25, 0.3) is 5.91 Å². The van der Waals surface area contributed by atoms with E-state index >= 15 is 0 Å². The number of aromatic nitrogens is 5. The summed E-state index contributed by atoms with van der Waals surface area (Å²) in [7, 11) is -3.83. The molecule has 4 aliphatic rings. The van der Waals surface area contributed by atoms with Crippen molar-refractivity contribution >= 4 is 44.3 Å². The van der Waals surface area contributed by atoms with Gasteiger partial charge in [0.05, 0.1) is 29.2 Å². The van der Waals surface area contributed by atoms with Crippen molar-refractivity contribution in [2.24, 2.45) is 5.92 Å². The van der Waals surface area contributed by atoms with Crippen LogP contribution in [-0.2, 0) is 24.4 Å². The first-order chi connectivity index (χ1) is 24.2. The topological polar surface area (TPSA) is 178 Å². The van der Waals surface area contributed by atoms with Gasteiger partial charge in [0.15, 0.2) is 5.65 Å². The number of nitrogens with zero attached hydrogens (tertiary/aromatic N) is 6. The van der Waals surface area contributed by atoms with Crippen molar-refractivity contribution in [3.8, 4) is 17.3 Å². The lowest BCUT2D eigenvalue weighted by Crippen LogP contribution is -2.56. The highest BCUT2D eigenvalue weighted by atomic mass is 32.2. The first-order valence-electron chi connectivity index (χ1n) is 17.3. The van der Waals surface area contributed by atoms with Gasteiger partial charge in [0.1, 0.15) is 23.4 Å². The third-order valence-electron chi connectivity index (χ3n) is 10.1. The molecule has 260 valence electrons. The monoisotopic (exact) mass is 698 g/mol. The molecule has 8 rings (SSSR count). The van der Waals surface area contributed by atoms with Gasteiger partial charge in [-0.15, -0.1) is 0 Å². The molecular formula is C35H38N8O6S. The maximum Gasteiger partial charge on any atom is 0.259 e. The van der Waals surface area contributed by atoms with Gasteiger partial charge in [-0.25, -0.2) is 13.4 Å². The standard InChI is InChI=1S/C35H38N8O6S/c44-30-12-6-4-2-1-3-5-9-22-19-35(22,34(46)41-50(47,48)24-13-14-24)39-33(45)29-17-23(21-42(29)30)49-31-18-27(28-20-36-15-16-37-28)38-32-25-10-7-8-11-26(25)40-43(31)32/h5,7-11,15-16,18,20,22-24,29H,1-4,6,12-14,17,19,21H2,(H,39,45)(H,41,46)/b9-5-/t22-,23+,29-,35+/m0/s1. The average molecular weight is 699 g/mol. The summed E-state index contributed by atoms with van der Waals surface area (Å²) in [4.78, 5) is 56.4. The minimum Gasteiger partial charge on any atom is -0.472 e. The van der Waals surface area contributed by atoms with Gasteiger partial charge in [0, 0.05) is 42.6 Å². The molecule has 0 bridgehead atoms. The largest absolute Gasteiger partial charge is 0.472 e. The molecule has 3 aromatic heterocycles. The van der Waals surface area contributed by atoms with Crippen molar-refractivity contribution in [1.82, 2.24) is 39.5 Å². The van der Waals surface area contributed by atoms with Gasteiger partial charge in [-0.3, -0.25) is 29.1 Å². The highest BCUT2D eigenvalue weighted by Gasteiger charge is 2.62. The summed E-state index contributed by atoms with van der Waals surface area (Å²) in [6.45, 7) is 0.139. The van der Waals surface area contributed by atoms with Crippen molar-refractivity contribution in [3.05, 3.63) is 61.1 Å². The minimum absolute atomic E-state index is 0.139. The Bertz CT molecular complexity index is 2120. The molecular weight excluding hydrogens is 661 g/mol. The van der Waals surface area contributed by atoms with Gasteiger partial charge in [-0.05, 0) is 50.7 Å². The molecule has 2 saturated carbocycles. The number of benzene rings is 1. The predicted molar refractivity (Wildman–Crippen MR) is 182 cm³/mol. The van der Waals surface area contributed by atoms with Crippen LogP contribution < -0.4 is 14.8 Å². The van der Waals surface area contributed by atoms with Crippen molar-refractivity contribution < 1.29 is 27.5 Å². The number of allylic oxidation sites excluding steroid dienone is 1. The van der Waals surface area contributed by atoms with E-state index < -0.39 is 44.8 Å². The molecule has 14 nitrogen and oxygen atoms in total. The van der Waals surface area contributed by atoms with Crippen LogP contribution in [0, 0.1) is 5.92 Å². The summed E-state index contributed by atoms with van der Waals surface area (Å²) in [5, 5.41) is 7.88. The van der Waals surface area contributed by atoms with Crippen molar-refractivity contribution in [2.75, 3.05) is 6.54 Å². The highest BCUT2D eigenvalue weighted by molar-refractivity contribution is 7.91. The number of nitrogens with one attached hydrogen (secondary N) is 2. The van der Waals surface area contributed by atoms with E-state index in [-0.39, 0.29) is 37.6 Å². The van der Waals surface area contributed by atoms with E-state index in [9.17, 15) is 22.8 Å². The zero-order valence-corrected chi connectivity index (χ0v) is 28.2. The molecule has 2 aliphatic heterocycles. The van der Waals surface area contributed by atoms with Gasteiger partial charge in [0.2, 0.25) is 27.7 Å². The number of fused-ring (bicyclic) bond motifs is 5. The van der Waals surface area contributed by atoms with E-state index in [1.165, 1.54) is 0 Å². The van der Waals surface area contributed by atoms with Crippen LogP contribution in [-0.4, -0.2) is 85.1 Å². The van der Waals surface area contributed by atoms with Crippen LogP contribution in [0.3, 0.4) is 0 Å². The molecule has 4 aromatic rings. The molecule has 15 heteroatoms. The van der Waals surface area contributed by atoms with Crippen LogP contribution in [0.4, 0.5) is 0 Å². The van der Waals surface area contributed by atoms with Gasteiger partial charge < -0.3 is 15.0 Å². The maximum absolute atomic E-state index is 14.1. The van der Waals surface area contributed by atoms with Crippen LogP contribution in [0.1, 0.15) is 64.2 Å². The first-order valence-corrected chi connectivity index (χ1v) is 18.8. The Morgan fingerprint density at radius 1 is 1.06 bits per heavy atom. The Morgan fingerprint density at radius 2 is 1.90 bits per heavy atom. The van der Waals surface area contributed by atoms with Crippen LogP contribution in [0.5, 0.6) is 5.88 Å². The van der Waals surface area contributed by atoms with Crippen LogP contribution in [0.2, 0.25) is 0 Å². The lowest BCUT2D eigenvalue weighted by atomic mass is 10.1. The summed E-state index contributed by atoms with van der Waals surface area (Å²) in [6, 6.07) is 8.39. The van der Waals surface area contributed by atoms with E-state index in [1.54, 1.807) is 34.1 Å². The molecule has 0 spiro atoms. The normalized spacial score (nSPS) is 26.7. The molecule has 3 fully saturated rings. The van der Waals surface area contributed by atoms with E-state index in [4.69, 9.17) is 14.8 Å². The van der Waals surface area contributed by atoms with Gasteiger partial charge >= 0.3 is 0 Å². The number of hydrogen-bond acceptors (Lipinski definition) is 10. The Hall–Kier alpha value is -4.92. The minimum atomic E-state index is -3.83. The molecule has 1 saturated heterocycles. The van der Waals surface area contributed by atoms with E-state index in [1.807, 2.05) is 36.4 Å². The Morgan fingerprint density at radius 3 is 2.72 bits per heavy atom. The second-order valence-corrected chi connectivity index (χ2v) is 15.6. The van der Waals surface area contributed by atoms with E-state index in [0.29, 0.717) is 42.2 Å². The van der Waals surface area contributed by atoms with Gasteiger partial charge in [-0.2, -0.15) is 9.61 Å². The fourth-order valence-electron chi connectivity index (χ4n) is 7.09. The number of carbonyl (C=O) groups excluding carboxylic acids is 3. The fraction of sp³-hybridized carbons (Fsp3) is 0.457. The Kier molecular flexibility index (Phi) is 8.24. The molecule has 2 aliphatic carbocycles. The second-order valence-electron chi connectivity index (χ2n) is 13.7. The molecule has 4 atom stereocenters. The number of ether oxygens (including phenoxy) is 1. The zero-order chi connectivity index (χ0) is 34.5. The zero-order valence-electron chi connectivity index (χ0n) is 27.4. The summed E-state index contributed by atoms with van der Waals surface area (Å²) in [5.41, 5.74) is 0.924. The molecule has 50 heavy (non-hydrogen) atoms. The third-order valence-corrected chi connectivity index (χ3v) is 11.9. The molecule has 3 amide bonds. The number of rotatable bonds is 6. The van der Waals surface area contributed by atoms with E-state index in [0.717, 1.165) is 36.6 Å². The van der Waals surface area contributed by atoms with Crippen molar-refractivity contribution in [1.29, 1.82) is 0 Å². The average Bonchev–Trinajstić information content (AvgIpc) is 4.01. The Labute approximate surface area is 288 Å². The van der Waals surface area contributed by atoms with Gasteiger partial charge in [-0.1, -0.05) is 37.1 Å². The third kappa shape index (κ3) is 6.18. The molecule has 1 aromatic carbocycles. The summed E-state index contributed by atoms with van der Waals surface area (Å²) >= 11 is 0. The number of sulfonamides is 1. The SMILES string of the molecule is O=C1N[C@]2(C(=O)NS(=O)(=O)C3CC3)C[C@@H]2/C=C\CCCCCCC(=O)N2C[C@H](Oc3cc(-c4cnccn4)nc4c5ccccc5nn34)C[C@@H]12. The van der Waals surface area contributed by atoms with Crippen molar-refractivity contribution in [2.45, 2.75) is 87.1 Å².